The molecule has 1 heterocycles. The zero-order valence-electron chi connectivity index (χ0n) is 11.3. The summed E-state index contributed by atoms with van der Waals surface area (Å²) in [7, 11) is 1.64. The number of nitrogens with two attached hydrogens (primary N) is 1. The van der Waals surface area contributed by atoms with Crippen molar-refractivity contribution in [1.29, 1.82) is 0 Å². The molecule has 0 aliphatic carbocycles. The molecule has 0 fully saturated rings. The number of methoxy groups -OCH3 is 1. The first-order valence-corrected chi connectivity index (χ1v) is 6.56. The maximum absolute atomic E-state index is 6.26. The topological polar surface area (TPSA) is 53.7 Å². The molecule has 2 aromatic rings. The third-order valence-corrected chi connectivity index (χ3v) is 3.43. The molecule has 0 saturated heterocycles. The van der Waals surface area contributed by atoms with Gasteiger partial charge in [0.05, 0.1) is 13.2 Å². The Kier molecular flexibility index (Phi) is 3.48. The van der Waals surface area contributed by atoms with Gasteiger partial charge in [0.25, 0.3) is 0 Å². The summed E-state index contributed by atoms with van der Waals surface area (Å²) in [4.78, 5) is 0. The number of fused-ring (bicyclic) bond motifs is 1. The Morgan fingerprint density at radius 1 is 1.05 bits per heavy atom. The molecule has 2 N–H and O–H groups in total. The standard InChI is InChI=1S/C16H17NO3/c1-18-11-6-8-12(9-7-11)20-15-10-19-14-5-3-2-4-13(14)16(15)17/h2-9,15-16H,10,17H2,1H3. The molecule has 0 saturated carbocycles. The SMILES string of the molecule is COc1ccc(OC2COc3ccccc3C2N)cc1. The predicted octanol–water partition coefficient (Wildman–Crippen LogP) is 2.54. The molecule has 4 heteroatoms. The van der Waals surface area contributed by atoms with E-state index in [2.05, 4.69) is 0 Å². The lowest BCUT2D eigenvalue weighted by atomic mass is 9.99. The van der Waals surface area contributed by atoms with Crippen molar-refractivity contribution in [3.63, 3.8) is 0 Å². The van der Waals surface area contributed by atoms with Crippen molar-refractivity contribution in [2.24, 2.45) is 5.73 Å². The zero-order chi connectivity index (χ0) is 13.9. The summed E-state index contributed by atoms with van der Waals surface area (Å²) in [6.45, 7) is 0.449. The van der Waals surface area contributed by atoms with Crippen molar-refractivity contribution in [3.8, 4) is 17.2 Å². The van der Waals surface area contributed by atoms with E-state index in [4.69, 9.17) is 19.9 Å². The normalized spacial score (nSPS) is 20.7. The molecule has 0 bridgehead atoms. The van der Waals surface area contributed by atoms with Crippen LogP contribution >= 0.6 is 0 Å². The molecule has 4 nitrogen and oxygen atoms in total. The largest absolute Gasteiger partial charge is 0.497 e. The van der Waals surface area contributed by atoms with Crippen LogP contribution < -0.4 is 19.9 Å². The fourth-order valence-corrected chi connectivity index (χ4v) is 2.30. The van der Waals surface area contributed by atoms with Crippen molar-refractivity contribution in [1.82, 2.24) is 0 Å². The average molecular weight is 271 g/mol. The van der Waals surface area contributed by atoms with Gasteiger partial charge < -0.3 is 19.9 Å². The van der Waals surface area contributed by atoms with Gasteiger partial charge in [0, 0.05) is 5.56 Å². The van der Waals surface area contributed by atoms with Gasteiger partial charge in [-0.25, -0.2) is 0 Å². The minimum Gasteiger partial charge on any atom is -0.497 e. The third kappa shape index (κ3) is 2.42. The smallest absolute Gasteiger partial charge is 0.152 e. The maximum atomic E-state index is 6.26. The van der Waals surface area contributed by atoms with Gasteiger partial charge in [0.15, 0.2) is 6.10 Å². The lowest BCUT2D eigenvalue weighted by Gasteiger charge is -2.31. The molecule has 104 valence electrons. The molecule has 0 radical (unpaired) electrons. The van der Waals surface area contributed by atoms with Gasteiger partial charge in [-0.05, 0) is 30.3 Å². The number of hydrogen-bond donors (Lipinski definition) is 1. The fourth-order valence-electron chi connectivity index (χ4n) is 2.30. The molecule has 20 heavy (non-hydrogen) atoms. The van der Waals surface area contributed by atoms with Crippen LogP contribution in [0.2, 0.25) is 0 Å². The molecule has 2 unspecified atom stereocenters. The van der Waals surface area contributed by atoms with Crippen LogP contribution in [-0.2, 0) is 0 Å². The maximum Gasteiger partial charge on any atom is 0.152 e. The molecular weight excluding hydrogens is 254 g/mol. The summed E-state index contributed by atoms with van der Waals surface area (Å²) in [5.74, 6) is 2.40. The van der Waals surface area contributed by atoms with E-state index in [0.29, 0.717) is 6.61 Å². The van der Waals surface area contributed by atoms with Crippen LogP contribution in [-0.4, -0.2) is 19.8 Å². The van der Waals surface area contributed by atoms with Gasteiger partial charge in [-0.1, -0.05) is 18.2 Å². The van der Waals surface area contributed by atoms with Gasteiger partial charge in [-0.3, -0.25) is 0 Å². The Bertz CT molecular complexity index is 583. The first-order valence-electron chi connectivity index (χ1n) is 6.56. The summed E-state index contributed by atoms with van der Waals surface area (Å²) in [6, 6.07) is 15.1. The Balaban J connectivity index is 1.75. The molecular formula is C16H17NO3. The molecule has 0 amide bonds. The molecule has 1 aliphatic heterocycles. The Labute approximate surface area is 118 Å². The fraction of sp³-hybridized carbons (Fsp3) is 0.250. The number of ether oxygens (including phenoxy) is 3. The van der Waals surface area contributed by atoms with Gasteiger partial charge in [-0.2, -0.15) is 0 Å². The summed E-state index contributed by atoms with van der Waals surface area (Å²) < 4.78 is 16.7. The van der Waals surface area contributed by atoms with E-state index in [1.807, 2.05) is 48.5 Å². The van der Waals surface area contributed by atoms with Crippen LogP contribution in [0.3, 0.4) is 0 Å². The Hall–Kier alpha value is -2.20. The monoisotopic (exact) mass is 271 g/mol. The second kappa shape index (κ2) is 5.43. The second-order valence-electron chi connectivity index (χ2n) is 4.71. The van der Waals surface area contributed by atoms with Crippen molar-refractivity contribution in [2.45, 2.75) is 12.1 Å². The molecule has 0 aromatic heterocycles. The number of rotatable bonds is 3. The summed E-state index contributed by atoms with van der Waals surface area (Å²) in [5.41, 5.74) is 7.25. The number of hydrogen-bond acceptors (Lipinski definition) is 4. The van der Waals surface area contributed by atoms with Crippen molar-refractivity contribution >= 4 is 0 Å². The van der Waals surface area contributed by atoms with Crippen LogP contribution in [0.4, 0.5) is 0 Å². The zero-order valence-corrected chi connectivity index (χ0v) is 11.3. The van der Waals surface area contributed by atoms with Crippen molar-refractivity contribution < 1.29 is 14.2 Å². The average Bonchev–Trinajstić information content (AvgIpc) is 2.51. The minimum absolute atomic E-state index is 0.193. The predicted molar refractivity (Wildman–Crippen MR) is 76.3 cm³/mol. The van der Waals surface area contributed by atoms with Crippen molar-refractivity contribution in [2.75, 3.05) is 13.7 Å². The van der Waals surface area contributed by atoms with Gasteiger partial charge >= 0.3 is 0 Å². The highest BCUT2D eigenvalue weighted by Gasteiger charge is 2.29. The molecule has 0 spiro atoms. The van der Waals surface area contributed by atoms with E-state index < -0.39 is 0 Å². The van der Waals surface area contributed by atoms with Crippen LogP contribution in [0, 0.1) is 0 Å². The van der Waals surface area contributed by atoms with Crippen LogP contribution in [0.15, 0.2) is 48.5 Å². The summed E-state index contributed by atoms with van der Waals surface area (Å²) in [5, 5.41) is 0. The first kappa shape index (κ1) is 12.8. The molecule has 3 rings (SSSR count). The highest BCUT2D eigenvalue weighted by Crippen LogP contribution is 2.32. The Morgan fingerprint density at radius 2 is 1.75 bits per heavy atom. The van der Waals surface area contributed by atoms with E-state index in [1.54, 1.807) is 7.11 Å². The minimum atomic E-state index is -0.196. The summed E-state index contributed by atoms with van der Waals surface area (Å²) >= 11 is 0. The van der Waals surface area contributed by atoms with E-state index in [1.165, 1.54) is 0 Å². The van der Waals surface area contributed by atoms with E-state index in [-0.39, 0.29) is 12.1 Å². The lowest BCUT2D eigenvalue weighted by molar-refractivity contribution is 0.0877. The molecule has 1 aliphatic rings. The van der Waals surface area contributed by atoms with E-state index >= 15 is 0 Å². The van der Waals surface area contributed by atoms with Gasteiger partial charge in [0.2, 0.25) is 0 Å². The number of benzene rings is 2. The van der Waals surface area contributed by atoms with Crippen LogP contribution in [0.25, 0.3) is 0 Å². The summed E-state index contributed by atoms with van der Waals surface area (Å²) in [6.07, 6.45) is -0.196. The molecule has 2 aromatic carbocycles. The number of para-hydroxylation sites is 1. The third-order valence-electron chi connectivity index (χ3n) is 3.43. The Morgan fingerprint density at radius 3 is 2.50 bits per heavy atom. The highest BCUT2D eigenvalue weighted by molar-refractivity contribution is 5.39. The highest BCUT2D eigenvalue weighted by atomic mass is 16.5. The first-order chi connectivity index (χ1) is 9.78. The second-order valence-corrected chi connectivity index (χ2v) is 4.71. The van der Waals surface area contributed by atoms with Gasteiger partial charge in [-0.15, -0.1) is 0 Å². The van der Waals surface area contributed by atoms with Crippen LogP contribution in [0.1, 0.15) is 11.6 Å². The molecule has 2 atom stereocenters. The van der Waals surface area contributed by atoms with Gasteiger partial charge in [0.1, 0.15) is 23.9 Å². The lowest BCUT2D eigenvalue weighted by Crippen LogP contribution is -2.40. The van der Waals surface area contributed by atoms with Crippen LogP contribution in [0.5, 0.6) is 17.2 Å². The van der Waals surface area contributed by atoms with E-state index in [0.717, 1.165) is 22.8 Å². The van der Waals surface area contributed by atoms with Crippen molar-refractivity contribution in [3.05, 3.63) is 54.1 Å². The quantitative estimate of drug-likeness (QED) is 0.932. The van der Waals surface area contributed by atoms with E-state index in [9.17, 15) is 0 Å².